The zero-order valence-electron chi connectivity index (χ0n) is 25.8. The maximum Gasteiger partial charge on any atom is 0.416 e. The highest BCUT2D eigenvalue weighted by molar-refractivity contribution is 5.97. The Morgan fingerprint density at radius 1 is 0.833 bits per heavy atom. The van der Waals surface area contributed by atoms with Gasteiger partial charge in [-0.3, -0.25) is 14.5 Å². The summed E-state index contributed by atoms with van der Waals surface area (Å²) in [7, 11) is 0. The maximum atomic E-state index is 13.2. The fourth-order valence-electron chi connectivity index (χ4n) is 5.91. The van der Waals surface area contributed by atoms with E-state index in [9.17, 15) is 22.8 Å². The lowest BCUT2D eigenvalue weighted by molar-refractivity contribution is -0.137. The van der Waals surface area contributed by atoms with Gasteiger partial charge in [0.2, 0.25) is 18.6 Å². The van der Waals surface area contributed by atoms with E-state index in [1.54, 1.807) is 12.1 Å². The molecular weight excluding hydrogens is 625 g/mol. The fraction of sp³-hybridized carbons (Fsp3) is 0.250. The summed E-state index contributed by atoms with van der Waals surface area (Å²) in [4.78, 5) is 34.3. The first-order valence-electron chi connectivity index (χ1n) is 15.5. The Kier molecular flexibility index (Phi) is 8.49. The molecule has 2 aliphatic rings. The second-order valence-corrected chi connectivity index (χ2v) is 11.8. The minimum absolute atomic E-state index is 0.00626. The first-order chi connectivity index (χ1) is 23.2. The number of hydrogen-bond donors (Lipinski definition) is 0. The lowest BCUT2D eigenvalue weighted by Gasteiger charge is -2.35. The Morgan fingerprint density at radius 2 is 1.60 bits per heavy atom. The van der Waals surface area contributed by atoms with Gasteiger partial charge in [-0.1, -0.05) is 24.3 Å². The van der Waals surface area contributed by atoms with Crippen LogP contribution in [0.2, 0.25) is 0 Å². The number of benzene rings is 3. The van der Waals surface area contributed by atoms with Crippen LogP contribution in [0.3, 0.4) is 0 Å². The molecule has 48 heavy (non-hydrogen) atoms. The van der Waals surface area contributed by atoms with Crippen molar-refractivity contribution in [1.29, 1.82) is 0 Å². The molecule has 1 fully saturated rings. The molecule has 0 radical (unpaired) electrons. The summed E-state index contributed by atoms with van der Waals surface area (Å²) >= 11 is 0. The number of pyridine rings is 1. The maximum absolute atomic E-state index is 13.2. The SMILES string of the molecule is O=C(Cc1ccc(Oc2ccc3c(ccn3CC(=O)N3CCN(Cc4ccc5c(c4)OCO5)CC3)c2)nc1)c1ccc(C(F)(F)F)cc1. The minimum atomic E-state index is -4.45. The average molecular weight is 657 g/mol. The van der Waals surface area contributed by atoms with Gasteiger partial charge in [-0.2, -0.15) is 13.2 Å². The van der Waals surface area contributed by atoms with Crippen LogP contribution in [0, 0.1) is 0 Å². The van der Waals surface area contributed by atoms with Crippen LogP contribution in [0.15, 0.2) is 91.3 Å². The molecule has 2 aromatic heterocycles. The van der Waals surface area contributed by atoms with E-state index in [-0.39, 0.29) is 37.0 Å². The van der Waals surface area contributed by atoms with Crippen LogP contribution in [0.5, 0.6) is 23.1 Å². The molecule has 9 nitrogen and oxygen atoms in total. The normalized spacial score (nSPS) is 14.8. The molecule has 12 heteroatoms. The Bertz CT molecular complexity index is 1950. The molecule has 0 aliphatic carbocycles. The molecule has 4 heterocycles. The summed E-state index contributed by atoms with van der Waals surface area (Å²) in [5.41, 5.74) is 2.06. The third-order valence-electron chi connectivity index (χ3n) is 8.54. The van der Waals surface area contributed by atoms with Crippen molar-refractivity contribution in [2.24, 2.45) is 0 Å². The number of halogens is 3. The number of piperazine rings is 1. The van der Waals surface area contributed by atoms with Gasteiger partial charge in [0.05, 0.1) is 5.56 Å². The van der Waals surface area contributed by atoms with Crippen molar-refractivity contribution in [3.8, 4) is 23.1 Å². The van der Waals surface area contributed by atoms with Crippen LogP contribution < -0.4 is 14.2 Å². The van der Waals surface area contributed by atoms with Crippen molar-refractivity contribution in [3.05, 3.63) is 114 Å². The summed E-state index contributed by atoms with van der Waals surface area (Å²) in [6.45, 7) is 4.18. The summed E-state index contributed by atoms with van der Waals surface area (Å²) in [6.07, 6.45) is -1.06. The predicted octanol–water partition coefficient (Wildman–Crippen LogP) is 6.35. The van der Waals surface area contributed by atoms with Gasteiger partial charge in [-0.15, -0.1) is 0 Å². The summed E-state index contributed by atoms with van der Waals surface area (Å²) in [5, 5.41) is 0.910. The van der Waals surface area contributed by atoms with Crippen molar-refractivity contribution in [2.75, 3.05) is 33.0 Å². The fourth-order valence-corrected chi connectivity index (χ4v) is 5.91. The molecule has 5 aromatic rings. The minimum Gasteiger partial charge on any atom is -0.454 e. The van der Waals surface area contributed by atoms with Gasteiger partial charge in [0.15, 0.2) is 17.3 Å². The number of alkyl halides is 3. The van der Waals surface area contributed by atoms with Gasteiger partial charge in [0, 0.05) is 74.1 Å². The van der Waals surface area contributed by atoms with Crippen molar-refractivity contribution in [3.63, 3.8) is 0 Å². The van der Waals surface area contributed by atoms with Gasteiger partial charge in [0.25, 0.3) is 0 Å². The smallest absolute Gasteiger partial charge is 0.416 e. The van der Waals surface area contributed by atoms with E-state index >= 15 is 0 Å². The summed E-state index contributed by atoms with van der Waals surface area (Å²) in [5.74, 6) is 2.19. The van der Waals surface area contributed by atoms with Gasteiger partial charge in [-0.25, -0.2) is 4.98 Å². The number of fused-ring (bicyclic) bond motifs is 2. The lowest BCUT2D eigenvalue weighted by atomic mass is 10.0. The van der Waals surface area contributed by atoms with Crippen molar-refractivity contribution >= 4 is 22.6 Å². The van der Waals surface area contributed by atoms with Crippen molar-refractivity contribution < 1.29 is 37.0 Å². The lowest BCUT2D eigenvalue weighted by Crippen LogP contribution is -2.49. The molecule has 0 N–H and O–H groups in total. The van der Waals surface area contributed by atoms with E-state index in [4.69, 9.17) is 14.2 Å². The Morgan fingerprint density at radius 3 is 2.35 bits per heavy atom. The predicted molar refractivity (Wildman–Crippen MR) is 170 cm³/mol. The van der Waals surface area contributed by atoms with Crippen molar-refractivity contribution in [1.82, 2.24) is 19.4 Å². The van der Waals surface area contributed by atoms with Crippen LogP contribution >= 0.6 is 0 Å². The number of rotatable bonds is 9. The second-order valence-electron chi connectivity index (χ2n) is 11.8. The molecule has 1 saturated heterocycles. The van der Waals surface area contributed by atoms with E-state index in [1.807, 2.05) is 58.1 Å². The van der Waals surface area contributed by atoms with Crippen molar-refractivity contribution in [2.45, 2.75) is 25.7 Å². The number of hydrogen-bond acceptors (Lipinski definition) is 7. The monoisotopic (exact) mass is 656 g/mol. The van der Waals surface area contributed by atoms with E-state index in [0.29, 0.717) is 30.3 Å². The van der Waals surface area contributed by atoms with Crippen LogP contribution in [-0.2, 0) is 30.5 Å². The summed E-state index contributed by atoms with van der Waals surface area (Å²) < 4.78 is 57.2. The Labute approximate surface area is 274 Å². The molecular formula is C36H31F3N4O5. The third kappa shape index (κ3) is 6.98. The van der Waals surface area contributed by atoms with E-state index in [1.165, 1.54) is 18.3 Å². The number of amides is 1. The first kappa shape index (κ1) is 31.3. The molecule has 2 aliphatic heterocycles. The van der Waals surface area contributed by atoms with Crippen LogP contribution in [0.1, 0.15) is 27.0 Å². The largest absolute Gasteiger partial charge is 0.454 e. The molecule has 0 spiro atoms. The highest BCUT2D eigenvalue weighted by Crippen LogP contribution is 2.33. The second kappa shape index (κ2) is 13.0. The quantitative estimate of drug-likeness (QED) is 0.171. The van der Waals surface area contributed by atoms with E-state index < -0.39 is 11.7 Å². The number of Topliss-reactive ketones (excluding diaryl/α,β-unsaturated/α-hetero) is 1. The molecule has 0 saturated carbocycles. The number of ketones is 1. The Hall–Kier alpha value is -5.36. The highest BCUT2D eigenvalue weighted by Gasteiger charge is 2.30. The number of nitrogens with zero attached hydrogens (tertiary/aromatic N) is 4. The molecule has 0 bridgehead atoms. The molecule has 0 atom stereocenters. The first-order valence-corrected chi connectivity index (χ1v) is 15.5. The van der Waals surface area contributed by atoms with Gasteiger partial charge < -0.3 is 23.7 Å². The van der Waals surface area contributed by atoms with Gasteiger partial charge >= 0.3 is 6.18 Å². The number of carbonyl (C=O) groups is 2. The number of aromatic nitrogens is 2. The summed E-state index contributed by atoms with van der Waals surface area (Å²) in [6, 6.07) is 21.0. The van der Waals surface area contributed by atoms with Gasteiger partial charge in [-0.05, 0) is 59.7 Å². The number of ether oxygens (including phenoxy) is 3. The molecule has 1 amide bonds. The number of carbonyl (C=O) groups excluding carboxylic acids is 2. The van der Waals surface area contributed by atoms with Gasteiger partial charge in [0.1, 0.15) is 12.3 Å². The van der Waals surface area contributed by atoms with Crippen LogP contribution in [0.4, 0.5) is 13.2 Å². The molecule has 246 valence electrons. The molecule has 7 rings (SSSR count). The zero-order chi connectivity index (χ0) is 33.3. The standard InChI is InChI=1S/C36H31F3N4O5/c37-36(38,39)28-5-3-26(4-6-28)31(44)17-24-2-10-34(40-20-24)48-29-7-8-30-27(19-29)11-12-43(30)22-35(45)42-15-13-41(14-16-42)21-25-1-9-32-33(18-25)47-23-46-32/h1-12,18-20H,13-17,21-23H2. The molecule has 3 aromatic carbocycles. The van der Waals surface area contributed by atoms with E-state index in [2.05, 4.69) is 9.88 Å². The zero-order valence-corrected chi connectivity index (χ0v) is 25.8. The Balaban J connectivity index is 0.906. The average Bonchev–Trinajstić information content (AvgIpc) is 3.72. The highest BCUT2D eigenvalue weighted by atomic mass is 19.4. The third-order valence-corrected chi connectivity index (χ3v) is 8.54. The topological polar surface area (TPSA) is 86.1 Å². The van der Waals surface area contributed by atoms with Crippen LogP contribution in [-0.4, -0.2) is 64.0 Å². The van der Waals surface area contributed by atoms with E-state index in [0.717, 1.165) is 59.7 Å². The van der Waals surface area contributed by atoms with Crippen LogP contribution in [0.25, 0.3) is 10.9 Å². The molecule has 0 unspecified atom stereocenters.